The fraction of sp³-hybridized carbons (Fsp3) is 0.200. The highest BCUT2D eigenvalue weighted by molar-refractivity contribution is 5.90. The fourth-order valence-electron chi connectivity index (χ4n) is 1.18. The normalized spacial score (nSPS) is 9.94. The summed E-state index contributed by atoms with van der Waals surface area (Å²) in [5.41, 5.74) is -1.46. The van der Waals surface area contributed by atoms with Crippen molar-refractivity contribution in [3.05, 3.63) is 28.8 Å². The van der Waals surface area contributed by atoms with Gasteiger partial charge in [0.25, 0.3) is 6.43 Å². The van der Waals surface area contributed by atoms with Crippen molar-refractivity contribution in [3.63, 3.8) is 0 Å². The quantitative estimate of drug-likeness (QED) is 0.784. The highest BCUT2D eigenvalue weighted by Gasteiger charge is 2.20. The second kappa shape index (κ2) is 4.57. The Hall–Kier alpha value is -2.16. The molecular weight excluding hydrogens is 220 g/mol. The van der Waals surface area contributed by atoms with Crippen LogP contribution in [0, 0.1) is 11.3 Å². The Kier molecular flexibility index (Phi) is 3.40. The van der Waals surface area contributed by atoms with Gasteiger partial charge in [-0.1, -0.05) is 0 Å². The number of carbonyl (C=O) groups is 1. The minimum atomic E-state index is -2.95. The molecule has 84 valence electrons. The third kappa shape index (κ3) is 2.08. The van der Waals surface area contributed by atoms with Crippen LogP contribution in [-0.4, -0.2) is 18.2 Å². The van der Waals surface area contributed by atoms with E-state index in [0.29, 0.717) is 0 Å². The molecule has 0 aromatic heterocycles. The first-order chi connectivity index (χ1) is 7.51. The lowest BCUT2D eigenvalue weighted by Crippen LogP contribution is -2.03. The fourth-order valence-corrected chi connectivity index (χ4v) is 1.18. The number of esters is 1. The number of nitriles is 1. The van der Waals surface area contributed by atoms with Crippen LogP contribution in [-0.2, 0) is 4.74 Å². The smallest absolute Gasteiger partial charge is 0.337 e. The number of halogens is 2. The molecule has 0 saturated heterocycles. The minimum Gasteiger partial charge on any atom is -0.507 e. The summed E-state index contributed by atoms with van der Waals surface area (Å²) < 4.78 is 29.4. The lowest BCUT2D eigenvalue weighted by Gasteiger charge is -2.07. The zero-order valence-corrected chi connectivity index (χ0v) is 8.20. The molecule has 0 atom stereocenters. The van der Waals surface area contributed by atoms with E-state index >= 15 is 0 Å². The molecule has 0 amide bonds. The van der Waals surface area contributed by atoms with E-state index < -0.39 is 29.3 Å². The number of benzene rings is 1. The number of rotatable bonds is 2. The lowest BCUT2D eigenvalue weighted by atomic mass is 10.0. The number of phenols is 1. The first-order valence-corrected chi connectivity index (χ1v) is 4.14. The van der Waals surface area contributed by atoms with Gasteiger partial charge in [-0.3, -0.25) is 0 Å². The predicted molar refractivity (Wildman–Crippen MR) is 49.1 cm³/mol. The van der Waals surface area contributed by atoms with Gasteiger partial charge in [0.1, 0.15) is 17.4 Å². The van der Waals surface area contributed by atoms with E-state index in [9.17, 15) is 18.7 Å². The standard InChI is InChI=1S/C10H7F2NO3/c1-16-10(15)5-2-6(9(11)12)7(4-13)8(14)3-5/h2-3,9,14H,1H3. The molecule has 0 unspecified atom stereocenters. The van der Waals surface area contributed by atoms with Gasteiger partial charge in [0, 0.05) is 5.56 Å². The molecule has 4 nitrogen and oxygen atoms in total. The second-order valence-corrected chi connectivity index (χ2v) is 2.86. The number of nitrogens with zero attached hydrogens (tertiary/aromatic N) is 1. The number of methoxy groups -OCH3 is 1. The number of aromatic hydroxyl groups is 1. The Morgan fingerprint density at radius 2 is 2.19 bits per heavy atom. The maximum atomic E-state index is 12.5. The molecule has 0 spiro atoms. The molecule has 0 fully saturated rings. The SMILES string of the molecule is COC(=O)c1cc(O)c(C#N)c(C(F)F)c1. The van der Waals surface area contributed by atoms with Crippen molar-refractivity contribution >= 4 is 5.97 Å². The van der Waals surface area contributed by atoms with E-state index in [1.165, 1.54) is 6.07 Å². The number of alkyl halides is 2. The Bertz CT molecular complexity index is 466. The van der Waals surface area contributed by atoms with Crippen molar-refractivity contribution in [2.24, 2.45) is 0 Å². The van der Waals surface area contributed by atoms with Gasteiger partial charge >= 0.3 is 5.97 Å². The van der Waals surface area contributed by atoms with Gasteiger partial charge < -0.3 is 9.84 Å². The Morgan fingerprint density at radius 3 is 2.62 bits per heavy atom. The molecule has 16 heavy (non-hydrogen) atoms. The van der Waals surface area contributed by atoms with Crippen LogP contribution in [0.2, 0.25) is 0 Å². The summed E-state index contributed by atoms with van der Waals surface area (Å²) in [6.45, 7) is 0. The summed E-state index contributed by atoms with van der Waals surface area (Å²) in [7, 11) is 1.08. The van der Waals surface area contributed by atoms with E-state index in [1.807, 2.05) is 0 Å². The van der Waals surface area contributed by atoms with Crippen LogP contribution in [0.4, 0.5) is 8.78 Å². The molecule has 0 heterocycles. The zero-order chi connectivity index (χ0) is 12.3. The molecule has 1 rings (SSSR count). The lowest BCUT2D eigenvalue weighted by molar-refractivity contribution is 0.0599. The molecule has 0 radical (unpaired) electrons. The van der Waals surface area contributed by atoms with Gasteiger partial charge in [0.15, 0.2) is 0 Å². The number of phenolic OH excluding ortho intramolecular Hbond substituents is 1. The molecule has 1 N–H and O–H groups in total. The molecule has 0 aliphatic carbocycles. The summed E-state index contributed by atoms with van der Waals surface area (Å²) in [5, 5.41) is 17.9. The van der Waals surface area contributed by atoms with Gasteiger partial charge in [0.05, 0.1) is 12.7 Å². The highest BCUT2D eigenvalue weighted by atomic mass is 19.3. The van der Waals surface area contributed by atoms with Crippen LogP contribution in [0.3, 0.4) is 0 Å². The van der Waals surface area contributed by atoms with Crippen LogP contribution >= 0.6 is 0 Å². The summed E-state index contributed by atoms with van der Waals surface area (Å²) in [4.78, 5) is 11.1. The van der Waals surface area contributed by atoms with Crippen molar-refractivity contribution in [2.45, 2.75) is 6.43 Å². The highest BCUT2D eigenvalue weighted by Crippen LogP contribution is 2.30. The number of carbonyl (C=O) groups excluding carboxylic acids is 1. The third-order valence-electron chi connectivity index (χ3n) is 1.92. The third-order valence-corrected chi connectivity index (χ3v) is 1.92. The largest absolute Gasteiger partial charge is 0.507 e. The van der Waals surface area contributed by atoms with Gasteiger partial charge in [-0.2, -0.15) is 5.26 Å². The molecule has 0 bridgehead atoms. The van der Waals surface area contributed by atoms with Crippen LogP contribution in [0.25, 0.3) is 0 Å². The van der Waals surface area contributed by atoms with E-state index in [4.69, 9.17) is 5.26 Å². The molecule has 1 aromatic rings. The van der Waals surface area contributed by atoms with Gasteiger partial charge in [-0.25, -0.2) is 13.6 Å². The van der Waals surface area contributed by atoms with Gasteiger partial charge in [0.2, 0.25) is 0 Å². The van der Waals surface area contributed by atoms with E-state index in [0.717, 1.165) is 19.2 Å². The van der Waals surface area contributed by atoms with Crippen molar-refractivity contribution in [3.8, 4) is 11.8 Å². The number of hydrogen-bond donors (Lipinski definition) is 1. The first kappa shape index (κ1) is 11.9. The Labute approximate surface area is 89.7 Å². The minimum absolute atomic E-state index is 0.228. The predicted octanol–water partition coefficient (Wildman–Crippen LogP) is 1.99. The van der Waals surface area contributed by atoms with Crippen LogP contribution in [0.5, 0.6) is 5.75 Å². The van der Waals surface area contributed by atoms with Crippen LogP contribution in [0.15, 0.2) is 12.1 Å². The maximum Gasteiger partial charge on any atom is 0.337 e. The van der Waals surface area contributed by atoms with Crippen molar-refractivity contribution in [1.82, 2.24) is 0 Å². The second-order valence-electron chi connectivity index (χ2n) is 2.86. The van der Waals surface area contributed by atoms with Crippen LogP contribution < -0.4 is 0 Å². The average Bonchev–Trinajstić information content (AvgIpc) is 2.26. The number of ether oxygens (including phenoxy) is 1. The molecule has 0 saturated carbocycles. The summed E-state index contributed by atoms with van der Waals surface area (Å²) in [6, 6.07) is 3.19. The summed E-state index contributed by atoms with van der Waals surface area (Å²) in [6.07, 6.45) is -2.95. The van der Waals surface area contributed by atoms with E-state index in [2.05, 4.69) is 4.74 Å². The maximum absolute atomic E-state index is 12.5. The van der Waals surface area contributed by atoms with Crippen LogP contribution in [0.1, 0.15) is 27.9 Å². The van der Waals surface area contributed by atoms with Gasteiger partial charge in [-0.15, -0.1) is 0 Å². The zero-order valence-electron chi connectivity index (χ0n) is 8.20. The Balaban J connectivity index is 3.41. The van der Waals surface area contributed by atoms with E-state index in [-0.39, 0.29) is 5.56 Å². The van der Waals surface area contributed by atoms with Crippen molar-refractivity contribution in [1.29, 1.82) is 5.26 Å². The van der Waals surface area contributed by atoms with Crippen molar-refractivity contribution < 1.29 is 23.4 Å². The molecule has 1 aromatic carbocycles. The summed E-state index contributed by atoms with van der Waals surface area (Å²) in [5.74, 6) is -1.53. The molecule has 0 aliphatic rings. The molecular formula is C10H7F2NO3. The molecule has 6 heteroatoms. The summed E-state index contributed by atoms with van der Waals surface area (Å²) >= 11 is 0. The Morgan fingerprint density at radius 1 is 1.56 bits per heavy atom. The van der Waals surface area contributed by atoms with Crippen molar-refractivity contribution in [2.75, 3.05) is 7.11 Å². The topological polar surface area (TPSA) is 70.3 Å². The number of hydrogen-bond acceptors (Lipinski definition) is 4. The average molecular weight is 227 g/mol. The first-order valence-electron chi connectivity index (χ1n) is 4.14. The molecule has 0 aliphatic heterocycles. The van der Waals surface area contributed by atoms with E-state index in [1.54, 1.807) is 0 Å². The van der Waals surface area contributed by atoms with Gasteiger partial charge in [-0.05, 0) is 12.1 Å². The monoisotopic (exact) mass is 227 g/mol.